The van der Waals surface area contributed by atoms with Crippen LogP contribution < -0.4 is 10.6 Å². The number of unbranched alkanes of at least 4 members (excludes halogenated alkanes) is 1. The number of carbonyl (C=O) groups excluding carboxylic acids is 1. The Kier molecular flexibility index (Phi) is 5.32. The van der Waals surface area contributed by atoms with E-state index < -0.39 is 0 Å². The molecule has 1 aromatic heterocycles. The highest BCUT2D eigenvalue weighted by Crippen LogP contribution is 2.10. The molecule has 0 saturated heterocycles. The van der Waals surface area contributed by atoms with Crippen LogP contribution in [0.4, 0.5) is 5.82 Å². The van der Waals surface area contributed by atoms with Crippen LogP contribution >= 0.6 is 0 Å². The van der Waals surface area contributed by atoms with Gasteiger partial charge >= 0.3 is 0 Å². The topological polar surface area (TPSA) is 54.0 Å². The summed E-state index contributed by atoms with van der Waals surface area (Å²) in [6.07, 6.45) is 3.76. The van der Waals surface area contributed by atoms with Gasteiger partial charge in [-0.3, -0.25) is 4.79 Å². The van der Waals surface area contributed by atoms with E-state index in [1.807, 2.05) is 6.92 Å². The van der Waals surface area contributed by atoms with Gasteiger partial charge in [-0.25, -0.2) is 4.98 Å². The zero-order valence-corrected chi connectivity index (χ0v) is 9.92. The van der Waals surface area contributed by atoms with Crippen LogP contribution in [0.3, 0.4) is 0 Å². The number of nitrogens with one attached hydrogen (secondary N) is 2. The third-order valence-electron chi connectivity index (χ3n) is 2.21. The van der Waals surface area contributed by atoms with Crippen molar-refractivity contribution >= 4 is 11.7 Å². The van der Waals surface area contributed by atoms with E-state index in [9.17, 15) is 4.79 Å². The Labute approximate surface area is 96.5 Å². The summed E-state index contributed by atoms with van der Waals surface area (Å²) in [5.41, 5.74) is 0.612. The van der Waals surface area contributed by atoms with Crippen LogP contribution in [0.25, 0.3) is 0 Å². The molecule has 1 rings (SSSR count). The fraction of sp³-hybridized carbons (Fsp3) is 0.500. The Hall–Kier alpha value is -1.58. The third-order valence-corrected chi connectivity index (χ3v) is 2.21. The monoisotopic (exact) mass is 221 g/mol. The molecule has 0 saturated carbocycles. The Bertz CT molecular complexity index is 339. The molecule has 88 valence electrons. The van der Waals surface area contributed by atoms with Gasteiger partial charge in [0.05, 0.1) is 5.56 Å². The second kappa shape index (κ2) is 6.82. The van der Waals surface area contributed by atoms with Crippen molar-refractivity contribution in [3.63, 3.8) is 0 Å². The molecule has 0 spiro atoms. The van der Waals surface area contributed by atoms with Gasteiger partial charge in [0.1, 0.15) is 5.82 Å². The summed E-state index contributed by atoms with van der Waals surface area (Å²) in [6.45, 7) is 5.55. The van der Waals surface area contributed by atoms with Crippen LogP contribution in [0.15, 0.2) is 18.3 Å². The van der Waals surface area contributed by atoms with Gasteiger partial charge in [0, 0.05) is 19.3 Å². The van der Waals surface area contributed by atoms with E-state index in [0.717, 1.165) is 25.9 Å². The predicted octanol–water partition coefficient (Wildman–Crippen LogP) is 2.04. The van der Waals surface area contributed by atoms with E-state index >= 15 is 0 Å². The SMILES string of the molecule is CCCCNC(=O)c1cccnc1NCC. The summed E-state index contributed by atoms with van der Waals surface area (Å²) in [5, 5.41) is 5.96. The average Bonchev–Trinajstić information content (AvgIpc) is 2.30. The van der Waals surface area contributed by atoms with Crippen molar-refractivity contribution in [3.05, 3.63) is 23.9 Å². The minimum Gasteiger partial charge on any atom is -0.370 e. The van der Waals surface area contributed by atoms with Gasteiger partial charge in [-0.2, -0.15) is 0 Å². The molecule has 0 aliphatic carbocycles. The van der Waals surface area contributed by atoms with E-state index in [-0.39, 0.29) is 5.91 Å². The molecule has 0 bridgehead atoms. The number of carbonyl (C=O) groups is 1. The first kappa shape index (κ1) is 12.5. The second-order valence-electron chi connectivity index (χ2n) is 3.54. The molecule has 0 fully saturated rings. The molecule has 0 unspecified atom stereocenters. The first-order chi connectivity index (χ1) is 7.79. The lowest BCUT2D eigenvalue weighted by Gasteiger charge is -2.09. The van der Waals surface area contributed by atoms with Crippen molar-refractivity contribution < 1.29 is 4.79 Å². The summed E-state index contributed by atoms with van der Waals surface area (Å²) in [7, 11) is 0. The fourth-order valence-corrected chi connectivity index (χ4v) is 1.37. The maximum Gasteiger partial charge on any atom is 0.255 e. The Morgan fingerprint density at radius 3 is 2.94 bits per heavy atom. The maximum absolute atomic E-state index is 11.8. The highest BCUT2D eigenvalue weighted by atomic mass is 16.1. The molecule has 1 heterocycles. The van der Waals surface area contributed by atoms with E-state index in [1.54, 1.807) is 18.3 Å². The van der Waals surface area contributed by atoms with Crippen molar-refractivity contribution in [2.45, 2.75) is 26.7 Å². The molecule has 0 atom stereocenters. The van der Waals surface area contributed by atoms with Crippen molar-refractivity contribution in [2.24, 2.45) is 0 Å². The van der Waals surface area contributed by atoms with E-state index in [2.05, 4.69) is 22.5 Å². The minimum atomic E-state index is -0.0579. The number of amides is 1. The molecule has 0 aliphatic heterocycles. The molecule has 0 aliphatic rings. The van der Waals surface area contributed by atoms with Gasteiger partial charge in [-0.15, -0.1) is 0 Å². The summed E-state index contributed by atoms with van der Waals surface area (Å²) in [5.74, 6) is 0.594. The van der Waals surface area contributed by atoms with E-state index in [4.69, 9.17) is 0 Å². The number of pyridine rings is 1. The highest BCUT2D eigenvalue weighted by molar-refractivity contribution is 5.98. The number of nitrogens with zero attached hydrogens (tertiary/aromatic N) is 1. The first-order valence-electron chi connectivity index (χ1n) is 5.76. The maximum atomic E-state index is 11.8. The van der Waals surface area contributed by atoms with E-state index in [0.29, 0.717) is 11.4 Å². The number of rotatable bonds is 6. The van der Waals surface area contributed by atoms with Gasteiger partial charge in [0.25, 0.3) is 5.91 Å². The van der Waals surface area contributed by atoms with Crippen LogP contribution in [0, 0.1) is 0 Å². The van der Waals surface area contributed by atoms with Crippen molar-refractivity contribution in [3.8, 4) is 0 Å². The number of anilines is 1. The first-order valence-corrected chi connectivity index (χ1v) is 5.76. The smallest absolute Gasteiger partial charge is 0.255 e. The second-order valence-corrected chi connectivity index (χ2v) is 3.54. The molecule has 0 radical (unpaired) electrons. The lowest BCUT2D eigenvalue weighted by atomic mass is 10.2. The van der Waals surface area contributed by atoms with Crippen LogP contribution in [0.5, 0.6) is 0 Å². The van der Waals surface area contributed by atoms with Gasteiger partial charge in [-0.05, 0) is 25.5 Å². The lowest BCUT2D eigenvalue weighted by Crippen LogP contribution is -2.25. The number of aromatic nitrogens is 1. The molecule has 1 aromatic rings. The molecule has 4 heteroatoms. The summed E-state index contributed by atoms with van der Waals surface area (Å²) >= 11 is 0. The zero-order valence-electron chi connectivity index (χ0n) is 9.92. The largest absolute Gasteiger partial charge is 0.370 e. The van der Waals surface area contributed by atoms with Gasteiger partial charge in [0.2, 0.25) is 0 Å². The van der Waals surface area contributed by atoms with Gasteiger partial charge < -0.3 is 10.6 Å². The molecule has 2 N–H and O–H groups in total. The molecular formula is C12H19N3O. The Balaban J connectivity index is 2.66. The van der Waals surface area contributed by atoms with Gasteiger partial charge in [-0.1, -0.05) is 13.3 Å². The Morgan fingerprint density at radius 1 is 1.44 bits per heavy atom. The number of hydrogen-bond acceptors (Lipinski definition) is 3. The van der Waals surface area contributed by atoms with Crippen molar-refractivity contribution in [2.75, 3.05) is 18.4 Å². The standard InChI is InChI=1S/C12H19N3O/c1-3-5-8-15-12(16)10-7-6-9-14-11(10)13-4-2/h6-7,9H,3-5,8H2,1-2H3,(H,13,14)(H,15,16). The number of hydrogen-bond donors (Lipinski definition) is 2. The van der Waals surface area contributed by atoms with Crippen LogP contribution in [0.2, 0.25) is 0 Å². The fourth-order valence-electron chi connectivity index (χ4n) is 1.37. The third kappa shape index (κ3) is 3.53. The molecular weight excluding hydrogens is 202 g/mol. The van der Waals surface area contributed by atoms with Crippen LogP contribution in [-0.2, 0) is 0 Å². The molecule has 16 heavy (non-hydrogen) atoms. The minimum absolute atomic E-state index is 0.0579. The van der Waals surface area contributed by atoms with Gasteiger partial charge in [0.15, 0.2) is 0 Å². The zero-order chi connectivity index (χ0) is 11.8. The summed E-state index contributed by atoms with van der Waals surface area (Å²) in [6, 6.07) is 3.56. The van der Waals surface area contributed by atoms with Crippen molar-refractivity contribution in [1.29, 1.82) is 0 Å². The van der Waals surface area contributed by atoms with Crippen LogP contribution in [-0.4, -0.2) is 24.0 Å². The van der Waals surface area contributed by atoms with E-state index in [1.165, 1.54) is 0 Å². The van der Waals surface area contributed by atoms with Crippen LogP contribution in [0.1, 0.15) is 37.0 Å². The lowest BCUT2D eigenvalue weighted by molar-refractivity contribution is 0.0953. The highest BCUT2D eigenvalue weighted by Gasteiger charge is 2.10. The quantitative estimate of drug-likeness (QED) is 0.723. The molecule has 4 nitrogen and oxygen atoms in total. The molecule has 0 aromatic carbocycles. The average molecular weight is 221 g/mol. The molecule has 1 amide bonds. The summed E-state index contributed by atoms with van der Waals surface area (Å²) < 4.78 is 0. The van der Waals surface area contributed by atoms with Crippen molar-refractivity contribution in [1.82, 2.24) is 10.3 Å². The summed E-state index contributed by atoms with van der Waals surface area (Å²) in [4.78, 5) is 16.0. The predicted molar refractivity (Wildman–Crippen MR) is 65.6 cm³/mol. The Morgan fingerprint density at radius 2 is 2.25 bits per heavy atom. The normalized spacial score (nSPS) is 9.88.